The topological polar surface area (TPSA) is 80.0 Å². The highest BCUT2D eigenvalue weighted by molar-refractivity contribution is 9.10. The fourth-order valence-electron chi connectivity index (χ4n) is 1.87. The molecule has 5 nitrogen and oxygen atoms in total. The maximum Gasteiger partial charge on any atom is 0.255 e. The smallest absolute Gasteiger partial charge is 0.255 e. The number of aromatic nitrogens is 1. The summed E-state index contributed by atoms with van der Waals surface area (Å²) in [6.07, 6.45) is 0.807. The average Bonchev–Trinajstić information content (AvgIpc) is 2.48. The van der Waals surface area contributed by atoms with Gasteiger partial charge in [-0.1, -0.05) is 34.5 Å². The van der Waals surface area contributed by atoms with Gasteiger partial charge in [0.1, 0.15) is 11.0 Å². The molecule has 0 radical (unpaired) electrons. The first-order valence-corrected chi connectivity index (χ1v) is 7.44. The summed E-state index contributed by atoms with van der Waals surface area (Å²) in [4.78, 5) is 16.2. The molecule has 2 rings (SSSR count). The Bertz CT molecular complexity index is 678. The zero-order chi connectivity index (χ0) is 15.4. The molecule has 0 bridgehead atoms. The number of nitrogens with one attached hydrogen (secondary N) is 2. The molecule has 0 aliphatic rings. The van der Waals surface area contributed by atoms with Crippen LogP contribution in [0.2, 0.25) is 5.15 Å². The summed E-state index contributed by atoms with van der Waals surface area (Å²) in [5, 5.41) is 3.07. The number of pyridine rings is 1. The van der Waals surface area contributed by atoms with Crippen LogP contribution in [-0.4, -0.2) is 10.9 Å². The van der Waals surface area contributed by atoms with Crippen molar-refractivity contribution in [3.05, 3.63) is 51.1 Å². The molecule has 0 aliphatic carbocycles. The van der Waals surface area contributed by atoms with Crippen molar-refractivity contribution in [3.8, 4) is 0 Å². The highest BCUT2D eigenvalue weighted by Crippen LogP contribution is 2.23. The second-order valence-electron chi connectivity index (χ2n) is 4.32. The third kappa shape index (κ3) is 3.93. The number of halogens is 2. The standard InChI is InChI=1S/C14H14BrClN4O/c1-2-8-5-10(15)3-4-11(8)18-14(21)9-6-12(16)19-13(7-9)20-17/h3-7H,2,17H2,1H3,(H,18,21)(H,19,20). The molecule has 0 unspecified atom stereocenters. The van der Waals surface area contributed by atoms with Crippen molar-refractivity contribution >= 4 is 44.9 Å². The molecule has 1 amide bonds. The number of carbonyl (C=O) groups is 1. The molecule has 1 aromatic heterocycles. The summed E-state index contributed by atoms with van der Waals surface area (Å²) in [6.45, 7) is 2.02. The summed E-state index contributed by atoms with van der Waals surface area (Å²) < 4.78 is 0.971. The van der Waals surface area contributed by atoms with Gasteiger partial charge < -0.3 is 10.7 Å². The van der Waals surface area contributed by atoms with Crippen LogP contribution in [0.5, 0.6) is 0 Å². The third-order valence-corrected chi connectivity index (χ3v) is 3.59. The number of nitrogens with two attached hydrogens (primary N) is 1. The first-order chi connectivity index (χ1) is 10.0. The van der Waals surface area contributed by atoms with E-state index in [1.165, 1.54) is 12.1 Å². The Morgan fingerprint density at radius 3 is 2.81 bits per heavy atom. The Labute approximate surface area is 136 Å². The van der Waals surface area contributed by atoms with Crippen molar-refractivity contribution < 1.29 is 4.79 Å². The van der Waals surface area contributed by atoms with E-state index in [-0.39, 0.29) is 11.1 Å². The van der Waals surface area contributed by atoms with Crippen LogP contribution in [0, 0.1) is 0 Å². The fraction of sp³-hybridized carbons (Fsp3) is 0.143. The summed E-state index contributed by atoms with van der Waals surface area (Å²) in [7, 11) is 0. The quantitative estimate of drug-likeness (QED) is 0.437. The molecular weight excluding hydrogens is 356 g/mol. The maximum atomic E-state index is 12.3. The van der Waals surface area contributed by atoms with E-state index in [9.17, 15) is 4.79 Å². The van der Waals surface area contributed by atoms with Crippen molar-refractivity contribution in [2.75, 3.05) is 10.7 Å². The van der Waals surface area contributed by atoms with Crippen molar-refractivity contribution in [2.24, 2.45) is 5.84 Å². The van der Waals surface area contributed by atoms with Crippen molar-refractivity contribution in [1.82, 2.24) is 4.98 Å². The van der Waals surface area contributed by atoms with Gasteiger partial charge in [-0.25, -0.2) is 10.8 Å². The highest BCUT2D eigenvalue weighted by Gasteiger charge is 2.11. The molecule has 1 aromatic carbocycles. The number of amides is 1. The van der Waals surface area contributed by atoms with E-state index in [2.05, 4.69) is 31.7 Å². The number of anilines is 2. The van der Waals surface area contributed by atoms with Crippen LogP contribution in [0.15, 0.2) is 34.8 Å². The summed E-state index contributed by atoms with van der Waals surface area (Å²) in [6, 6.07) is 8.72. The minimum atomic E-state index is -0.271. The first kappa shape index (κ1) is 15.8. The minimum absolute atomic E-state index is 0.196. The molecular formula is C14H14BrClN4O. The van der Waals surface area contributed by atoms with Crippen molar-refractivity contribution in [1.29, 1.82) is 0 Å². The van der Waals surface area contributed by atoms with Gasteiger partial charge >= 0.3 is 0 Å². The molecule has 21 heavy (non-hydrogen) atoms. The monoisotopic (exact) mass is 368 g/mol. The van der Waals surface area contributed by atoms with E-state index < -0.39 is 0 Å². The summed E-state index contributed by atoms with van der Waals surface area (Å²) in [5.74, 6) is 5.36. The van der Waals surface area contributed by atoms with Crippen LogP contribution in [0.1, 0.15) is 22.8 Å². The van der Waals surface area contributed by atoms with Crippen molar-refractivity contribution in [2.45, 2.75) is 13.3 Å². The molecule has 0 atom stereocenters. The van der Waals surface area contributed by atoms with Gasteiger partial charge in [0, 0.05) is 15.7 Å². The fourth-order valence-corrected chi connectivity index (χ4v) is 2.49. The number of benzene rings is 1. The van der Waals surface area contributed by atoms with Gasteiger partial charge in [-0.3, -0.25) is 4.79 Å². The minimum Gasteiger partial charge on any atom is -0.322 e. The van der Waals surface area contributed by atoms with Gasteiger partial charge in [-0.2, -0.15) is 0 Å². The van der Waals surface area contributed by atoms with Gasteiger partial charge in [0.15, 0.2) is 0 Å². The van der Waals surface area contributed by atoms with E-state index in [0.717, 1.165) is 22.1 Å². The molecule has 7 heteroatoms. The molecule has 0 saturated heterocycles. The zero-order valence-corrected chi connectivity index (χ0v) is 13.6. The lowest BCUT2D eigenvalue weighted by molar-refractivity contribution is 0.102. The van der Waals surface area contributed by atoms with Gasteiger partial charge in [0.2, 0.25) is 0 Å². The molecule has 0 spiro atoms. The van der Waals surface area contributed by atoms with Gasteiger partial charge in [0.25, 0.3) is 5.91 Å². The molecule has 110 valence electrons. The third-order valence-electron chi connectivity index (χ3n) is 2.90. The van der Waals surface area contributed by atoms with Crippen LogP contribution in [-0.2, 0) is 6.42 Å². The number of hydrazine groups is 1. The van der Waals surface area contributed by atoms with E-state index in [4.69, 9.17) is 17.4 Å². The van der Waals surface area contributed by atoms with Crippen LogP contribution >= 0.6 is 27.5 Å². The molecule has 1 heterocycles. The second kappa shape index (κ2) is 6.89. The van der Waals surface area contributed by atoms with Gasteiger partial charge in [-0.15, -0.1) is 0 Å². The lowest BCUT2D eigenvalue weighted by atomic mass is 10.1. The largest absolute Gasteiger partial charge is 0.322 e. The number of nitrogens with zero attached hydrogens (tertiary/aromatic N) is 1. The number of hydrogen-bond donors (Lipinski definition) is 3. The second-order valence-corrected chi connectivity index (χ2v) is 5.62. The summed E-state index contributed by atoms with van der Waals surface area (Å²) >= 11 is 9.28. The van der Waals surface area contributed by atoms with E-state index >= 15 is 0 Å². The molecule has 2 aromatic rings. The van der Waals surface area contributed by atoms with Crippen LogP contribution in [0.25, 0.3) is 0 Å². The lowest BCUT2D eigenvalue weighted by Gasteiger charge is -2.11. The lowest BCUT2D eigenvalue weighted by Crippen LogP contribution is -2.15. The van der Waals surface area contributed by atoms with Crippen molar-refractivity contribution in [3.63, 3.8) is 0 Å². The number of carbonyl (C=O) groups excluding carboxylic acids is 1. The van der Waals surface area contributed by atoms with Crippen LogP contribution in [0.3, 0.4) is 0 Å². The van der Waals surface area contributed by atoms with E-state index in [0.29, 0.717) is 11.4 Å². The number of hydrogen-bond acceptors (Lipinski definition) is 4. The predicted molar refractivity (Wildman–Crippen MR) is 88.5 cm³/mol. The molecule has 0 aliphatic heterocycles. The number of aryl methyl sites for hydroxylation is 1. The Morgan fingerprint density at radius 1 is 1.38 bits per heavy atom. The Balaban J connectivity index is 2.28. The van der Waals surface area contributed by atoms with Gasteiger partial charge in [0.05, 0.1) is 0 Å². The molecule has 4 N–H and O–H groups in total. The first-order valence-electron chi connectivity index (χ1n) is 6.27. The molecule has 0 fully saturated rings. The number of nitrogen functional groups attached to an aromatic ring is 1. The van der Waals surface area contributed by atoms with E-state index in [1.54, 1.807) is 0 Å². The number of rotatable bonds is 4. The SMILES string of the molecule is CCc1cc(Br)ccc1NC(=O)c1cc(Cl)nc(NN)c1. The Morgan fingerprint density at radius 2 is 2.14 bits per heavy atom. The van der Waals surface area contributed by atoms with Crippen LogP contribution in [0.4, 0.5) is 11.5 Å². The highest BCUT2D eigenvalue weighted by atomic mass is 79.9. The van der Waals surface area contributed by atoms with Gasteiger partial charge in [-0.05, 0) is 42.3 Å². The normalized spacial score (nSPS) is 10.3. The Kier molecular flexibility index (Phi) is 5.17. The zero-order valence-electron chi connectivity index (χ0n) is 11.3. The maximum absolute atomic E-state index is 12.3. The van der Waals surface area contributed by atoms with Crippen LogP contribution < -0.4 is 16.6 Å². The molecule has 0 saturated carbocycles. The van der Waals surface area contributed by atoms with E-state index in [1.807, 2.05) is 25.1 Å². The average molecular weight is 370 g/mol. The Hall–Kier alpha value is -1.63. The predicted octanol–water partition coefficient (Wildman–Crippen LogP) is 3.60. The summed E-state index contributed by atoms with van der Waals surface area (Å²) in [5.41, 5.74) is 4.56.